The fourth-order valence-electron chi connectivity index (χ4n) is 1.70. The van der Waals surface area contributed by atoms with E-state index in [0.29, 0.717) is 12.8 Å². The quantitative estimate of drug-likeness (QED) is 0.684. The van der Waals surface area contributed by atoms with Gasteiger partial charge in [0.05, 0.1) is 5.54 Å². The lowest BCUT2D eigenvalue weighted by atomic mass is 10.1. The second kappa shape index (κ2) is 2.89. The van der Waals surface area contributed by atoms with Crippen LogP contribution in [0.1, 0.15) is 25.7 Å². The topological polar surface area (TPSA) is 46.3 Å². The molecule has 3 nitrogen and oxygen atoms in total. The second-order valence-electron chi connectivity index (χ2n) is 4.30. The summed E-state index contributed by atoms with van der Waals surface area (Å²) in [5, 5.41) is 0. The lowest BCUT2D eigenvalue weighted by Crippen LogP contribution is -2.50. The molecule has 2 aliphatic rings. The molecule has 1 heterocycles. The van der Waals surface area contributed by atoms with Gasteiger partial charge in [0.25, 0.3) is 5.92 Å². The van der Waals surface area contributed by atoms with Gasteiger partial charge in [-0.15, -0.1) is 0 Å². The third kappa shape index (κ3) is 1.73. The summed E-state index contributed by atoms with van der Waals surface area (Å²) in [4.78, 5) is 13.1. The Balaban J connectivity index is 1.92. The molecule has 1 aliphatic heterocycles. The van der Waals surface area contributed by atoms with Crippen molar-refractivity contribution in [1.82, 2.24) is 4.90 Å². The van der Waals surface area contributed by atoms with E-state index in [1.807, 2.05) is 0 Å². The fourth-order valence-corrected chi connectivity index (χ4v) is 1.70. The standard InChI is InChI=1S/C9H14F2N2O/c10-9(11)3-5-13(6-4-9)7(14)8(12)1-2-8/h1-6,12H2. The predicted octanol–water partition coefficient (Wildman–Crippen LogP) is 0.735. The van der Waals surface area contributed by atoms with E-state index in [1.165, 1.54) is 4.90 Å². The maximum atomic E-state index is 12.8. The van der Waals surface area contributed by atoms with Gasteiger partial charge in [0.15, 0.2) is 0 Å². The number of nitrogens with zero attached hydrogens (tertiary/aromatic N) is 1. The third-order valence-electron chi connectivity index (χ3n) is 3.00. The van der Waals surface area contributed by atoms with Crippen LogP contribution in [0.3, 0.4) is 0 Å². The molecule has 5 heteroatoms. The molecular weight excluding hydrogens is 190 g/mol. The molecule has 1 aliphatic carbocycles. The Labute approximate surface area is 81.2 Å². The number of piperidine rings is 1. The van der Waals surface area contributed by atoms with Crippen LogP contribution in [0, 0.1) is 0 Å². The number of hydrogen-bond donors (Lipinski definition) is 1. The molecular formula is C9H14F2N2O. The summed E-state index contributed by atoms with van der Waals surface area (Å²) in [7, 11) is 0. The first-order chi connectivity index (χ1) is 6.43. The van der Waals surface area contributed by atoms with Crippen molar-refractivity contribution < 1.29 is 13.6 Å². The van der Waals surface area contributed by atoms with Gasteiger partial charge in [-0.05, 0) is 12.8 Å². The van der Waals surface area contributed by atoms with Gasteiger partial charge in [-0.1, -0.05) is 0 Å². The lowest BCUT2D eigenvalue weighted by Gasteiger charge is -2.33. The largest absolute Gasteiger partial charge is 0.341 e. The maximum absolute atomic E-state index is 12.8. The van der Waals surface area contributed by atoms with Gasteiger partial charge in [0, 0.05) is 25.9 Å². The maximum Gasteiger partial charge on any atom is 0.251 e. The van der Waals surface area contributed by atoms with E-state index in [2.05, 4.69) is 0 Å². The minimum Gasteiger partial charge on any atom is -0.341 e. The molecule has 2 fully saturated rings. The number of nitrogens with two attached hydrogens (primary N) is 1. The zero-order valence-corrected chi connectivity index (χ0v) is 7.93. The van der Waals surface area contributed by atoms with Crippen molar-refractivity contribution in [1.29, 1.82) is 0 Å². The number of hydrogen-bond acceptors (Lipinski definition) is 2. The van der Waals surface area contributed by atoms with Crippen molar-refractivity contribution in [2.75, 3.05) is 13.1 Å². The molecule has 1 amide bonds. The van der Waals surface area contributed by atoms with Crippen LogP contribution in [0.5, 0.6) is 0 Å². The van der Waals surface area contributed by atoms with Gasteiger partial charge in [-0.3, -0.25) is 4.79 Å². The highest BCUT2D eigenvalue weighted by Gasteiger charge is 2.49. The number of amides is 1. The molecule has 2 N–H and O–H groups in total. The first-order valence-electron chi connectivity index (χ1n) is 4.89. The Bertz CT molecular complexity index is 254. The molecule has 0 bridgehead atoms. The van der Waals surface area contributed by atoms with Gasteiger partial charge in [-0.25, -0.2) is 8.78 Å². The van der Waals surface area contributed by atoms with Crippen LogP contribution in [-0.2, 0) is 4.79 Å². The van der Waals surface area contributed by atoms with Gasteiger partial charge in [-0.2, -0.15) is 0 Å². The molecule has 0 atom stereocenters. The summed E-state index contributed by atoms with van der Waals surface area (Å²) < 4.78 is 25.6. The highest BCUT2D eigenvalue weighted by Crippen LogP contribution is 2.36. The molecule has 0 aromatic heterocycles. The third-order valence-corrected chi connectivity index (χ3v) is 3.00. The van der Waals surface area contributed by atoms with Crippen LogP contribution in [0.15, 0.2) is 0 Å². The van der Waals surface area contributed by atoms with Crippen molar-refractivity contribution in [3.05, 3.63) is 0 Å². The summed E-state index contributed by atoms with van der Waals surface area (Å²) in [5.74, 6) is -2.74. The first-order valence-corrected chi connectivity index (χ1v) is 4.89. The van der Waals surface area contributed by atoms with Crippen molar-refractivity contribution in [3.8, 4) is 0 Å². The van der Waals surface area contributed by atoms with Crippen LogP contribution in [0.2, 0.25) is 0 Å². The van der Waals surface area contributed by atoms with E-state index in [4.69, 9.17) is 5.73 Å². The Morgan fingerprint density at radius 1 is 1.14 bits per heavy atom. The summed E-state index contributed by atoms with van der Waals surface area (Å²) in [6, 6.07) is 0. The first kappa shape index (κ1) is 9.83. The average molecular weight is 204 g/mol. The molecule has 2 rings (SSSR count). The van der Waals surface area contributed by atoms with Gasteiger partial charge in [0.1, 0.15) is 0 Å². The molecule has 0 unspecified atom stereocenters. The minimum absolute atomic E-state index is 0.144. The van der Waals surface area contributed by atoms with E-state index in [0.717, 1.165) is 0 Å². The molecule has 0 aromatic carbocycles. The SMILES string of the molecule is NC1(C(=O)N2CCC(F)(F)CC2)CC1. The zero-order valence-electron chi connectivity index (χ0n) is 7.93. The highest BCUT2D eigenvalue weighted by atomic mass is 19.3. The van der Waals surface area contributed by atoms with E-state index in [9.17, 15) is 13.6 Å². The Kier molecular flexibility index (Phi) is 2.03. The smallest absolute Gasteiger partial charge is 0.251 e. The van der Waals surface area contributed by atoms with E-state index in [-0.39, 0.29) is 31.8 Å². The molecule has 80 valence electrons. The van der Waals surface area contributed by atoms with E-state index >= 15 is 0 Å². The number of halogens is 2. The predicted molar refractivity (Wildman–Crippen MR) is 46.9 cm³/mol. The van der Waals surface area contributed by atoms with Crippen molar-refractivity contribution in [2.45, 2.75) is 37.1 Å². The molecule has 0 spiro atoms. The Hall–Kier alpha value is -0.710. The average Bonchev–Trinajstić information content (AvgIpc) is 2.84. The fraction of sp³-hybridized carbons (Fsp3) is 0.889. The molecule has 0 radical (unpaired) electrons. The van der Waals surface area contributed by atoms with Crippen molar-refractivity contribution >= 4 is 5.91 Å². The number of likely N-dealkylation sites (tertiary alicyclic amines) is 1. The lowest BCUT2D eigenvalue weighted by molar-refractivity contribution is -0.139. The highest BCUT2D eigenvalue weighted by molar-refractivity contribution is 5.89. The van der Waals surface area contributed by atoms with Crippen LogP contribution >= 0.6 is 0 Å². The molecule has 0 aromatic rings. The Morgan fingerprint density at radius 2 is 1.64 bits per heavy atom. The monoisotopic (exact) mass is 204 g/mol. The summed E-state index contributed by atoms with van der Waals surface area (Å²) in [5.41, 5.74) is 4.99. The van der Waals surface area contributed by atoms with Gasteiger partial charge >= 0.3 is 0 Å². The zero-order chi connectivity index (χ0) is 10.4. The summed E-state index contributed by atoms with van der Waals surface area (Å²) >= 11 is 0. The van der Waals surface area contributed by atoms with Crippen LogP contribution in [0.25, 0.3) is 0 Å². The minimum atomic E-state index is -2.60. The summed E-state index contributed by atoms with van der Waals surface area (Å²) in [6.07, 6.45) is 0.932. The van der Waals surface area contributed by atoms with Crippen LogP contribution < -0.4 is 5.73 Å². The normalized spacial score (nSPS) is 28.6. The summed E-state index contributed by atoms with van der Waals surface area (Å²) in [6.45, 7) is 0.287. The van der Waals surface area contributed by atoms with Crippen molar-refractivity contribution in [3.63, 3.8) is 0 Å². The number of rotatable bonds is 1. The second-order valence-corrected chi connectivity index (χ2v) is 4.30. The molecule has 14 heavy (non-hydrogen) atoms. The van der Waals surface area contributed by atoms with E-state index < -0.39 is 11.5 Å². The van der Waals surface area contributed by atoms with Crippen LogP contribution in [0.4, 0.5) is 8.78 Å². The number of carbonyl (C=O) groups excluding carboxylic acids is 1. The van der Waals surface area contributed by atoms with E-state index in [1.54, 1.807) is 0 Å². The molecule has 1 saturated carbocycles. The van der Waals surface area contributed by atoms with Crippen LogP contribution in [-0.4, -0.2) is 35.4 Å². The Morgan fingerprint density at radius 3 is 2.07 bits per heavy atom. The number of carbonyl (C=O) groups is 1. The molecule has 1 saturated heterocycles. The van der Waals surface area contributed by atoms with Crippen molar-refractivity contribution in [2.24, 2.45) is 5.73 Å². The van der Waals surface area contributed by atoms with Gasteiger partial charge < -0.3 is 10.6 Å². The van der Waals surface area contributed by atoms with Gasteiger partial charge in [0.2, 0.25) is 5.91 Å². The number of alkyl halides is 2.